The van der Waals surface area contributed by atoms with Gasteiger partial charge in [-0.2, -0.15) is 0 Å². The highest BCUT2D eigenvalue weighted by Crippen LogP contribution is 2.15. The molecule has 5 nitrogen and oxygen atoms in total. The van der Waals surface area contributed by atoms with Gasteiger partial charge in [0.05, 0.1) is 19.0 Å². The van der Waals surface area contributed by atoms with Crippen LogP contribution in [0.5, 0.6) is 0 Å². The molecule has 2 heterocycles. The summed E-state index contributed by atoms with van der Waals surface area (Å²) in [4.78, 5) is 4.91. The summed E-state index contributed by atoms with van der Waals surface area (Å²) < 4.78 is 5.34. The number of nitrogens with two attached hydrogens (primary N) is 1. The van der Waals surface area contributed by atoms with Crippen molar-refractivity contribution in [2.24, 2.45) is 11.7 Å². The van der Waals surface area contributed by atoms with Gasteiger partial charge in [0, 0.05) is 38.6 Å². The highest BCUT2D eigenvalue weighted by Gasteiger charge is 2.22. The van der Waals surface area contributed by atoms with Crippen LogP contribution >= 0.6 is 0 Å². The van der Waals surface area contributed by atoms with Crippen molar-refractivity contribution in [2.45, 2.75) is 12.8 Å². The van der Waals surface area contributed by atoms with E-state index < -0.39 is 0 Å². The second-order valence-electron chi connectivity index (χ2n) is 5.05. The number of hydrogen-bond donors (Lipinski definition) is 2. The van der Waals surface area contributed by atoms with Crippen molar-refractivity contribution in [3.63, 3.8) is 0 Å². The molecular weight excluding hydrogens is 216 g/mol. The number of amidine groups is 1. The highest BCUT2D eigenvalue weighted by molar-refractivity contribution is 5.79. The summed E-state index contributed by atoms with van der Waals surface area (Å²) in [6.45, 7) is 8.21. The van der Waals surface area contributed by atoms with Crippen LogP contribution in [0.1, 0.15) is 12.8 Å². The van der Waals surface area contributed by atoms with Crippen molar-refractivity contribution >= 4 is 5.84 Å². The predicted molar refractivity (Wildman–Crippen MR) is 68.3 cm³/mol. The fourth-order valence-corrected chi connectivity index (χ4v) is 2.62. The van der Waals surface area contributed by atoms with Gasteiger partial charge >= 0.3 is 0 Å². The molecule has 17 heavy (non-hydrogen) atoms. The zero-order valence-corrected chi connectivity index (χ0v) is 10.5. The molecule has 98 valence electrons. The lowest BCUT2D eigenvalue weighted by atomic mass is 9.97. The fourth-order valence-electron chi connectivity index (χ4n) is 2.62. The molecule has 3 N–H and O–H groups in total. The van der Waals surface area contributed by atoms with E-state index in [1.807, 2.05) is 0 Å². The molecule has 0 aromatic rings. The Hall–Kier alpha value is -0.650. The van der Waals surface area contributed by atoms with Crippen LogP contribution in [0.3, 0.4) is 0 Å². The lowest BCUT2D eigenvalue weighted by molar-refractivity contribution is 0.0317. The van der Waals surface area contributed by atoms with Crippen LogP contribution in [0.2, 0.25) is 0 Å². The average Bonchev–Trinajstić information content (AvgIpc) is 2.38. The van der Waals surface area contributed by atoms with E-state index in [2.05, 4.69) is 9.80 Å². The molecule has 5 heteroatoms. The smallest absolute Gasteiger partial charge is 0.0949 e. The summed E-state index contributed by atoms with van der Waals surface area (Å²) in [6.07, 6.45) is 2.26. The van der Waals surface area contributed by atoms with Gasteiger partial charge in [0.1, 0.15) is 0 Å². The first-order valence-corrected chi connectivity index (χ1v) is 6.62. The first-order chi connectivity index (χ1) is 8.25. The third kappa shape index (κ3) is 3.94. The maximum absolute atomic E-state index is 7.53. The van der Waals surface area contributed by atoms with E-state index in [9.17, 15) is 0 Å². The maximum Gasteiger partial charge on any atom is 0.0949 e. The molecule has 2 fully saturated rings. The number of nitrogens with zero attached hydrogens (tertiary/aromatic N) is 2. The Morgan fingerprint density at radius 2 is 1.88 bits per heavy atom. The molecule has 0 amide bonds. The van der Waals surface area contributed by atoms with Gasteiger partial charge in [0.2, 0.25) is 0 Å². The lowest BCUT2D eigenvalue weighted by Crippen LogP contribution is -2.46. The molecule has 0 bridgehead atoms. The van der Waals surface area contributed by atoms with Crippen LogP contribution in [0, 0.1) is 11.3 Å². The van der Waals surface area contributed by atoms with Crippen molar-refractivity contribution in [1.29, 1.82) is 5.41 Å². The number of ether oxygens (including phenoxy) is 1. The van der Waals surface area contributed by atoms with Gasteiger partial charge < -0.3 is 15.4 Å². The Labute approximate surface area is 103 Å². The van der Waals surface area contributed by atoms with E-state index in [-0.39, 0.29) is 5.92 Å². The molecule has 2 saturated heterocycles. The van der Waals surface area contributed by atoms with E-state index in [1.54, 1.807) is 0 Å². The third-order valence-corrected chi connectivity index (χ3v) is 3.78. The molecule has 0 aromatic heterocycles. The van der Waals surface area contributed by atoms with Gasteiger partial charge in [0.25, 0.3) is 0 Å². The first-order valence-electron chi connectivity index (χ1n) is 6.62. The maximum atomic E-state index is 7.53. The molecule has 1 unspecified atom stereocenters. The quantitative estimate of drug-likeness (QED) is 0.535. The summed E-state index contributed by atoms with van der Waals surface area (Å²) in [5.74, 6) is 0.648. The molecule has 0 saturated carbocycles. The number of piperidine rings is 1. The van der Waals surface area contributed by atoms with Crippen LogP contribution in [-0.2, 0) is 4.74 Å². The van der Waals surface area contributed by atoms with Crippen molar-refractivity contribution in [3.8, 4) is 0 Å². The van der Waals surface area contributed by atoms with E-state index in [4.69, 9.17) is 15.9 Å². The van der Waals surface area contributed by atoms with E-state index in [1.165, 1.54) is 6.42 Å². The number of hydrogen-bond acceptors (Lipinski definition) is 4. The minimum absolute atomic E-state index is 0.286. The minimum atomic E-state index is 0.286. The van der Waals surface area contributed by atoms with Crippen molar-refractivity contribution in [2.75, 3.05) is 52.5 Å². The van der Waals surface area contributed by atoms with Crippen molar-refractivity contribution < 1.29 is 4.74 Å². The predicted octanol–water partition coefficient (Wildman–Crippen LogP) is -0.0334. The Balaban J connectivity index is 1.69. The van der Waals surface area contributed by atoms with Crippen LogP contribution in [-0.4, -0.2) is 68.1 Å². The molecule has 1 atom stereocenters. The second kappa shape index (κ2) is 6.33. The topological polar surface area (TPSA) is 65.6 Å². The second-order valence-corrected chi connectivity index (χ2v) is 5.05. The zero-order valence-electron chi connectivity index (χ0n) is 10.5. The zero-order chi connectivity index (χ0) is 12.1. The van der Waals surface area contributed by atoms with Crippen molar-refractivity contribution in [1.82, 2.24) is 9.80 Å². The number of morpholine rings is 1. The molecule has 0 aliphatic carbocycles. The first kappa shape index (κ1) is 12.8. The standard InChI is InChI=1S/C12H24N4O/c13-12(14)11-2-1-3-16(10-11)5-4-15-6-8-17-9-7-15/h11H,1-10H2,(H3,13,14). The Bertz CT molecular complexity index is 253. The number of likely N-dealkylation sites (tertiary alicyclic amines) is 1. The van der Waals surface area contributed by atoms with Crippen molar-refractivity contribution in [3.05, 3.63) is 0 Å². The Morgan fingerprint density at radius 3 is 2.59 bits per heavy atom. The largest absolute Gasteiger partial charge is 0.387 e. The molecule has 0 spiro atoms. The van der Waals surface area contributed by atoms with Gasteiger partial charge in [-0.15, -0.1) is 0 Å². The van der Waals surface area contributed by atoms with Gasteiger partial charge in [-0.1, -0.05) is 0 Å². The SMILES string of the molecule is N=C(N)C1CCCN(CCN2CCOCC2)C1. The summed E-state index contributed by atoms with van der Waals surface area (Å²) in [5, 5.41) is 7.53. The monoisotopic (exact) mass is 240 g/mol. The van der Waals surface area contributed by atoms with Gasteiger partial charge in [-0.25, -0.2) is 0 Å². The van der Waals surface area contributed by atoms with E-state index in [0.29, 0.717) is 5.84 Å². The Kier molecular flexibility index (Phi) is 4.76. The fraction of sp³-hybridized carbons (Fsp3) is 0.917. The van der Waals surface area contributed by atoms with Gasteiger partial charge in [0.15, 0.2) is 0 Å². The summed E-state index contributed by atoms with van der Waals surface area (Å²) in [7, 11) is 0. The Morgan fingerprint density at radius 1 is 1.18 bits per heavy atom. The normalized spacial score (nSPS) is 28.1. The molecule has 0 aromatic carbocycles. The van der Waals surface area contributed by atoms with E-state index in [0.717, 1.165) is 58.9 Å². The molecule has 2 aliphatic heterocycles. The lowest BCUT2D eigenvalue weighted by Gasteiger charge is -2.34. The number of nitrogens with one attached hydrogen (secondary N) is 1. The third-order valence-electron chi connectivity index (χ3n) is 3.78. The molecule has 2 rings (SSSR count). The molecule has 0 radical (unpaired) electrons. The van der Waals surface area contributed by atoms with Gasteiger partial charge in [-0.3, -0.25) is 10.3 Å². The van der Waals surface area contributed by atoms with Crippen LogP contribution in [0.4, 0.5) is 0 Å². The van der Waals surface area contributed by atoms with E-state index >= 15 is 0 Å². The number of rotatable bonds is 4. The minimum Gasteiger partial charge on any atom is -0.387 e. The summed E-state index contributed by atoms with van der Waals surface area (Å²) in [6, 6.07) is 0. The van der Waals surface area contributed by atoms with Crippen LogP contribution in [0.15, 0.2) is 0 Å². The molecular formula is C12H24N4O. The highest BCUT2D eigenvalue weighted by atomic mass is 16.5. The average molecular weight is 240 g/mol. The van der Waals surface area contributed by atoms with Gasteiger partial charge in [-0.05, 0) is 19.4 Å². The van der Waals surface area contributed by atoms with Crippen LogP contribution < -0.4 is 5.73 Å². The van der Waals surface area contributed by atoms with Crippen LogP contribution in [0.25, 0.3) is 0 Å². The molecule has 2 aliphatic rings. The summed E-state index contributed by atoms with van der Waals surface area (Å²) in [5.41, 5.74) is 5.60. The summed E-state index contributed by atoms with van der Waals surface area (Å²) >= 11 is 0.